The van der Waals surface area contributed by atoms with E-state index in [-0.39, 0.29) is 11.7 Å². The molecule has 0 atom stereocenters. The Balaban J connectivity index is 1.74. The van der Waals surface area contributed by atoms with Gasteiger partial charge in [0.25, 0.3) is 0 Å². The highest BCUT2D eigenvalue weighted by molar-refractivity contribution is 5.79. The summed E-state index contributed by atoms with van der Waals surface area (Å²) in [6.07, 6.45) is -2.26. The average Bonchev–Trinajstić information content (AvgIpc) is 2.64. The minimum absolute atomic E-state index is 0.0853. The third-order valence-electron chi connectivity index (χ3n) is 3.48. The first kappa shape index (κ1) is 20.5. The van der Waals surface area contributed by atoms with E-state index >= 15 is 0 Å². The maximum absolute atomic E-state index is 12.9. The van der Waals surface area contributed by atoms with Gasteiger partial charge in [-0.15, -0.1) is 0 Å². The molecule has 27 heavy (non-hydrogen) atoms. The van der Waals surface area contributed by atoms with E-state index in [4.69, 9.17) is 0 Å². The van der Waals surface area contributed by atoms with Crippen LogP contribution < -0.4 is 15.4 Å². The number of ether oxygens (including phenoxy) is 1. The molecule has 0 radical (unpaired) electrons. The van der Waals surface area contributed by atoms with Crippen LogP contribution in [0.5, 0.6) is 5.88 Å². The van der Waals surface area contributed by atoms with Gasteiger partial charge < -0.3 is 15.4 Å². The zero-order chi connectivity index (χ0) is 19.7. The smallest absolute Gasteiger partial charge is 0.422 e. The molecule has 0 saturated heterocycles. The van der Waals surface area contributed by atoms with Crippen molar-refractivity contribution in [3.8, 4) is 5.88 Å². The van der Waals surface area contributed by atoms with Crippen LogP contribution in [0, 0.1) is 5.82 Å². The summed E-state index contributed by atoms with van der Waals surface area (Å²) in [7, 11) is 1.62. The second kappa shape index (κ2) is 9.75. The lowest BCUT2D eigenvalue weighted by Gasteiger charge is -2.12. The molecule has 1 aromatic heterocycles. The molecule has 0 unspecified atom stereocenters. The molecule has 0 saturated carbocycles. The lowest BCUT2D eigenvalue weighted by Crippen LogP contribution is -2.37. The lowest BCUT2D eigenvalue weighted by atomic mass is 10.1. The van der Waals surface area contributed by atoms with Crippen molar-refractivity contribution in [1.29, 1.82) is 0 Å². The Kier molecular flexibility index (Phi) is 7.39. The molecule has 1 aromatic carbocycles. The van der Waals surface area contributed by atoms with Crippen molar-refractivity contribution in [2.75, 3.05) is 20.2 Å². The number of alkyl halides is 3. The van der Waals surface area contributed by atoms with Gasteiger partial charge in [0.2, 0.25) is 5.88 Å². The molecule has 0 bridgehead atoms. The largest absolute Gasteiger partial charge is 0.468 e. The third kappa shape index (κ3) is 7.93. The zero-order valence-electron chi connectivity index (χ0n) is 14.7. The fourth-order valence-corrected chi connectivity index (χ4v) is 2.14. The summed E-state index contributed by atoms with van der Waals surface area (Å²) in [5.41, 5.74) is 1.76. The number of halogens is 4. The molecule has 0 spiro atoms. The first-order valence-electron chi connectivity index (χ1n) is 8.19. The molecular weight excluding hydrogens is 364 g/mol. The van der Waals surface area contributed by atoms with E-state index in [0.717, 1.165) is 11.1 Å². The zero-order valence-corrected chi connectivity index (χ0v) is 14.7. The van der Waals surface area contributed by atoms with Gasteiger partial charge in [-0.25, -0.2) is 9.37 Å². The number of guanidine groups is 1. The maximum Gasteiger partial charge on any atom is 0.422 e. The van der Waals surface area contributed by atoms with Gasteiger partial charge in [-0.3, -0.25) is 4.99 Å². The van der Waals surface area contributed by atoms with E-state index in [1.54, 1.807) is 25.2 Å². The van der Waals surface area contributed by atoms with Crippen LogP contribution in [-0.4, -0.2) is 37.3 Å². The number of aromatic nitrogens is 1. The van der Waals surface area contributed by atoms with E-state index in [0.29, 0.717) is 25.5 Å². The monoisotopic (exact) mass is 384 g/mol. The Morgan fingerprint density at radius 1 is 1.07 bits per heavy atom. The van der Waals surface area contributed by atoms with Gasteiger partial charge in [-0.05, 0) is 29.7 Å². The summed E-state index contributed by atoms with van der Waals surface area (Å²) in [5, 5.41) is 6.20. The molecule has 1 heterocycles. The maximum atomic E-state index is 12.9. The SMILES string of the molecule is CN=C(NCCc1ccc(F)cc1)NCc1ccc(OCC(F)(F)F)nc1. The van der Waals surface area contributed by atoms with Crippen molar-refractivity contribution in [1.82, 2.24) is 15.6 Å². The van der Waals surface area contributed by atoms with Crippen molar-refractivity contribution < 1.29 is 22.3 Å². The molecule has 2 aromatic rings. The van der Waals surface area contributed by atoms with Crippen molar-refractivity contribution in [3.63, 3.8) is 0 Å². The quantitative estimate of drug-likeness (QED) is 0.438. The third-order valence-corrected chi connectivity index (χ3v) is 3.48. The van der Waals surface area contributed by atoms with Gasteiger partial charge in [0.15, 0.2) is 12.6 Å². The summed E-state index contributed by atoms with van der Waals surface area (Å²) < 4.78 is 53.7. The van der Waals surface area contributed by atoms with Gasteiger partial charge in [-0.2, -0.15) is 13.2 Å². The normalized spacial score (nSPS) is 12.0. The molecule has 5 nitrogen and oxygen atoms in total. The second-order valence-electron chi connectivity index (χ2n) is 5.64. The summed E-state index contributed by atoms with van der Waals surface area (Å²) in [6.45, 7) is -0.376. The van der Waals surface area contributed by atoms with Crippen LogP contribution in [0.25, 0.3) is 0 Å². The summed E-state index contributed by atoms with van der Waals surface area (Å²) in [4.78, 5) is 7.93. The Labute approximate surface area is 154 Å². The van der Waals surface area contributed by atoms with Crippen LogP contribution in [0.3, 0.4) is 0 Å². The van der Waals surface area contributed by atoms with Gasteiger partial charge in [0, 0.05) is 32.4 Å². The van der Waals surface area contributed by atoms with E-state index in [1.807, 2.05) is 0 Å². The highest BCUT2D eigenvalue weighted by atomic mass is 19.4. The first-order chi connectivity index (χ1) is 12.9. The summed E-state index contributed by atoms with van der Waals surface area (Å²) in [5.74, 6) is 0.208. The molecule has 146 valence electrons. The van der Waals surface area contributed by atoms with Crippen LogP contribution in [0.2, 0.25) is 0 Å². The van der Waals surface area contributed by atoms with Crippen LogP contribution in [0.4, 0.5) is 17.6 Å². The molecule has 2 rings (SSSR count). The van der Waals surface area contributed by atoms with Crippen LogP contribution in [-0.2, 0) is 13.0 Å². The topological polar surface area (TPSA) is 58.5 Å². The van der Waals surface area contributed by atoms with E-state index in [1.165, 1.54) is 24.4 Å². The van der Waals surface area contributed by atoms with Gasteiger partial charge in [-0.1, -0.05) is 18.2 Å². The van der Waals surface area contributed by atoms with Crippen LogP contribution in [0.1, 0.15) is 11.1 Å². The highest BCUT2D eigenvalue weighted by Crippen LogP contribution is 2.17. The Morgan fingerprint density at radius 3 is 2.37 bits per heavy atom. The fraction of sp³-hybridized carbons (Fsp3) is 0.333. The molecule has 0 aliphatic carbocycles. The number of benzene rings is 1. The number of aliphatic imine (C=N–C) groups is 1. The Morgan fingerprint density at radius 2 is 1.78 bits per heavy atom. The molecular formula is C18H20F4N4O. The summed E-state index contributed by atoms with van der Waals surface area (Å²) in [6, 6.07) is 9.28. The van der Waals surface area contributed by atoms with Gasteiger partial charge in [0.05, 0.1) is 0 Å². The van der Waals surface area contributed by atoms with Crippen molar-refractivity contribution >= 4 is 5.96 Å². The van der Waals surface area contributed by atoms with Gasteiger partial charge >= 0.3 is 6.18 Å². The number of hydrogen-bond donors (Lipinski definition) is 2. The predicted molar refractivity (Wildman–Crippen MR) is 94.1 cm³/mol. The average molecular weight is 384 g/mol. The molecule has 9 heteroatoms. The molecule has 0 amide bonds. The van der Waals surface area contributed by atoms with E-state index in [9.17, 15) is 17.6 Å². The van der Waals surface area contributed by atoms with Crippen molar-refractivity contribution in [2.24, 2.45) is 4.99 Å². The minimum atomic E-state index is -4.39. The first-order valence-corrected chi connectivity index (χ1v) is 8.19. The van der Waals surface area contributed by atoms with Crippen molar-refractivity contribution in [3.05, 3.63) is 59.5 Å². The Bertz CT molecular complexity index is 731. The standard InChI is InChI=1S/C18H20F4N4O/c1-23-17(24-9-8-13-2-5-15(19)6-3-13)26-11-14-4-7-16(25-10-14)27-12-18(20,21)22/h2-7,10H,8-9,11-12H2,1H3,(H2,23,24,26). The number of hydrogen-bond acceptors (Lipinski definition) is 3. The van der Waals surface area contributed by atoms with E-state index in [2.05, 4.69) is 25.3 Å². The molecule has 0 aliphatic rings. The Hall–Kier alpha value is -2.84. The molecule has 2 N–H and O–H groups in total. The van der Waals surface area contributed by atoms with Crippen molar-refractivity contribution in [2.45, 2.75) is 19.1 Å². The van der Waals surface area contributed by atoms with E-state index < -0.39 is 12.8 Å². The molecule has 0 fully saturated rings. The molecule has 0 aliphatic heterocycles. The highest BCUT2D eigenvalue weighted by Gasteiger charge is 2.28. The minimum Gasteiger partial charge on any atom is -0.468 e. The number of pyridine rings is 1. The van der Waals surface area contributed by atoms with Gasteiger partial charge in [0.1, 0.15) is 5.82 Å². The number of nitrogens with zero attached hydrogens (tertiary/aromatic N) is 2. The van der Waals surface area contributed by atoms with Crippen LogP contribution in [0.15, 0.2) is 47.6 Å². The number of nitrogens with one attached hydrogen (secondary N) is 2. The lowest BCUT2D eigenvalue weighted by molar-refractivity contribution is -0.154. The predicted octanol–water partition coefficient (Wildman–Crippen LogP) is 3.07. The summed E-state index contributed by atoms with van der Waals surface area (Å²) >= 11 is 0. The second-order valence-corrected chi connectivity index (χ2v) is 5.64. The fourth-order valence-electron chi connectivity index (χ4n) is 2.14. The number of rotatable bonds is 7. The van der Waals surface area contributed by atoms with Crippen LogP contribution >= 0.6 is 0 Å².